The molecule has 0 unspecified atom stereocenters. The maximum absolute atomic E-state index is 13.8. The molecule has 2 aliphatic carbocycles. The van der Waals surface area contributed by atoms with Gasteiger partial charge < -0.3 is 9.08 Å². The lowest BCUT2D eigenvalue weighted by Gasteiger charge is -2.49. The second-order valence-electron chi connectivity index (χ2n) is 12.4. The fraction of sp³-hybridized carbons (Fsp3) is 0.419. The summed E-state index contributed by atoms with van der Waals surface area (Å²) >= 11 is 13.3. The van der Waals surface area contributed by atoms with E-state index in [9.17, 15) is 18.0 Å². The summed E-state index contributed by atoms with van der Waals surface area (Å²) in [5, 5.41) is -0.0344. The van der Waals surface area contributed by atoms with Crippen molar-refractivity contribution in [1.82, 2.24) is 4.90 Å². The largest absolute Gasteiger partial charge is 0.376 e. The third-order valence-electron chi connectivity index (χ3n) is 7.92. The Bertz CT molecular complexity index is 1510. The lowest BCUT2D eigenvalue weighted by Crippen LogP contribution is -2.44. The first-order chi connectivity index (χ1) is 18.6. The summed E-state index contributed by atoms with van der Waals surface area (Å²) in [7, 11) is -4.19. The number of ketones is 2. The predicted molar refractivity (Wildman–Crippen MR) is 156 cm³/mol. The molecule has 1 aliphatic heterocycles. The molecule has 0 saturated carbocycles. The normalized spacial score (nSPS) is 20.9. The molecule has 0 saturated heterocycles. The fourth-order valence-electron chi connectivity index (χ4n) is 6.33. The summed E-state index contributed by atoms with van der Waals surface area (Å²) in [6, 6.07) is 10.9. The van der Waals surface area contributed by atoms with Crippen LogP contribution in [-0.4, -0.2) is 31.4 Å². The molecule has 3 aliphatic rings. The Balaban J connectivity index is 1.67. The minimum Gasteiger partial charge on any atom is -0.376 e. The number of carbonyl (C=O) groups excluding carboxylic acids is 2. The lowest BCUT2D eigenvalue weighted by molar-refractivity contribution is -0.119. The number of allylic oxidation sites excluding steroid dienone is 4. The lowest BCUT2D eigenvalue weighted by atomic mass is 9.63. The summed E-state index contributed by atoms with van der Waals surface area (Å²) in [5.41, 5.74) is 3.21. The number of hydrogen-bond donors (Lipinski definition) is 0. The molecule has 0 N–H and O–H groups in total. The molecule has 6 nitrogen and oxygen atoms in total. The minimum atomic E-state index is -4.19. The van der Waals surface area contributed by atoms with E-state index in [1.165, 1.54) is 12.1 Å². The third kappa shape index (κ3) is 5.12. The SMILES string of the molecule is CCN1C2=C(C(=O)CC(C)(C)C2)C(c2cc(Cl)c(OS(=O)(=O)c3ccccc3)c(Cl)c2)C2=C1CC(C)(C)CC2=O. The zero-order valence-corrected chi connectivity index (χ0v) is 25.6. The average molecular weight is 603 g/mol. The highest BCUT2D eigenvalue weighted by atomic mass is 35.5. The van der Waals surface area contributed by atoms with Gasteiger partial charge >= 0.3 is 10.1 Å². The number of halogens is 2. The zero-order chi connectivity index (χ0) is 29.2. The number of hydrogen-bond acceptors (Lipinski definition) is 6. The van der Waals surface area contributed by atoms with Crippen molar-refractivity contribution in [1.29, 1.82) is 0 Å². The first-order valence-electron chi connectivity index (χ1n) is 13.4. The van der Waals surface area contributed by atoms with E-state index in [1.807, 2.05) is 6.92 Å². The van der Waals surface area contributed by atoms with Crippen LogP contribution < -0.4 is 4.18 Å². The average Bonchev–Trinajstić information content (AvgIpc) is 2.84. The van der Waals surface area contributed by atoms with Crippen molar-refractivity contribution in [2.75, 3.05) is 6.54 Å². The van der Waals surface area contributed by atoms with Crippen LogP contribution >= 0.6 is 23.2 Å². The highest BCUT2D eigenvalue weighted by Crippen LogP contribution is 2.55. The van der Waals surface area contributed by atoms with Crippen molar-refractivity contribution in [2.45, 2.75) is 71.1 Å². The molecular formula is C31H33Cl2NO5S. The van der Waals surface area contributed by atoms with Gasteiger partial charge in [-0.3, -0.25) is 9.59 Å². The van der Waals surface area contributed by atoms with Gasteiger partial charge in [-0.25, -0.2) is 0 Å². The van der Waals surface area contributed by atoms with Crippen LogP contribution in [0.1, 0.15) is 71.8 Å². The molecule has 0 spiro atoms. The van der Waals surface area contributed by atoms with Crippen molar-refractivity contribution < 1.29 is 22.2 Å². The minimum absolute atomic E-state index is 0.00175. The number of benzene rings is 2. The van der Waals surface area contributed by atoms with Crippen LogP contribution in [0, 0.1) is 10.8 Å². The Hall–Kier alpha value is -2.61. The molecule has 0 aromatic heterocycles. The molecule has 0 radical (unpaired) electrons. The van der Waals surface area contributed by atoms with E-state index in [0.717, 1.165) is 11.4 Å². The Morgan fingerprint density at radius 2 is 1.32 bits per heavy atom. The van der Waals surface area contributed by atoms with Crippen LogP contribution in [0.4, 0.5) is 0 Å². The Morgan fingerprint density at radius 3 is 1.77 bits per heavy atom. The highest BCUT2D eigenvalue weighted by molar-refractivity contribution is 7.87. The Kier molecular flexibility index (Phi) is 7.25. The first kappa shape index (κ1) is 28.9. The molecule has 0 amide bonds. The highest BCUT2D eigenvalue weighted by Gasteiger charge is 2.48. The standard InChI is InChI=1S/C31H33Cl2NO5S/c1-6-34-22-14-30(2,3)16-24(35)27(22)26(28-23(34)15-31(4,5)17-25(28)36)18-12-20(32)29(21(33)13-18)39-40(37,38)19-10-8-7-9-11-19/h7-13,26H,6,14-17H2,1-5H3. The van der Waals surface area contributed by atoms with Crippen molar-refractivity contribution in [3.05, 3.63) is 80.6 Å². The Morgan fingerprint density at radius 1 is 0.850 bits per heavy atom. The maximum Gasteiger partial charge on any atom is 0.339 e. The molecule has 5 rings (SSSR count). The van der Waals surface area contributed by atoms with Gasteiger partial charge in [0.1, 0.15) is 4.90 Å². The number of carbonyl (C=O) groups is 2. The quantitative estimate of drug-likeness (QED) is 0.331. The van der Waals surface area contributed by atoms with Gasteiger partial charge in [-0.2, -0.15) is 8.42 Å². The summed E-state index contributed by atoms with van der Waals surface area (Å²) < 4.78 is 31.2. The molecule has 1 heterocycles. The van der Waals surface area contributed by atoms with E-state index in [-0.39, 0.29) is 43.1 Å². The molecule has 0 bridgehead atoms. The van der Waals surface area contributed by atoms with E-state index in [4.69, 9.17) is 27.4 Å². The van der Waals surface area contributed by atoms with E-state index in [2.05, 4.69) is 32.6 Å². The third-order valence-corrected chi connectivity index (χ3v) is 9.71. The smallest absolute Gasteiger partial charge is 0.339 e. The Labute approximate surface area is 246 Å². The number of nitrogens with zero attached hydrogens (tertiary/aromatic N) is 1. The molecule has 40 heavy (non-hydrogen) atoms. The predicted octanol–water partition coefficient (Wildman–Crippen LogP) is 7.47. The van der Waals surface area contributed by atoms with E-state index in [1.54, 1.807) is 30.3 Å². The van der Waals surface area contributed by atoms with E-state index in [0.29, 0.717) is 48.9 Å². The van der Waals surface area contributed by atoms with Gasteiger partial charge in [-0.1, -0.05) is 69.1 Å². The molecule has 0 atom stereocenters. The van der Waals surface area contributed by atoms with Crippen LogP contribution in [0.3, 0.4) is 0 Å². The monoisotopic (exact) mass is 601 g/mol. The van der Waals surface area contributed by atoms with Gasteiger partial charge in [0.25, 0.3) is 0 Å². The summed E-state index contributed by atoms with van der Waals surface area (Å²) in [6.45, 7) is 11.0. The molecule has 212 valence electrons. The topological polar surface area (TPSA) is 80.8 Å². The first-order valence-corrected chi connectivity index (χ1v) is 15.6. The summed E-state index contributed by atoms with van der Waals surface area (Å²) in [4.78, 5) is 29.7. The molecule has 0 fully saturated rings. The van der Waals surface area contributed by atoms with Crippen molar-refractivity contribution in [2.24, 2.45) is 10.8 Å². The van der Waals surface area contributed by atoms with Crippen LogP contribution in [0.15, 0.2) is 69.9 Å². The van der Waals surface area contributed by atoms with E-state index >= 15 is 0 Å². The second-order valence-corrected chi connectivity index (χ2v) is 14.8. The van der Waals surface area contributed by atoms with Gasteiger partial charge in [0.15, 0.2) is 17.3 Å². The molecular weight excluding hydrogens is 569 g/mol. The summed E-state index contributed by atoms with van der Waals surface area (Å²) in [6.07, 6.45) is 2.11. The van der Waals surface area contributed by atoms with Crippen LogP contribution in [-0.2, 0) is 19.7 Å². The van der Waals surface area contributed by atoms with Crippen molar-refractivity contribution in [3.63, 3.8) is 0 Å². The molecule has 2 aromatic carbocycles. The van der Waals surface area contributed by atoms with E-state index < -0.39 is 16.0 Å². The van der Waals surface area contributed by atoms with Crippen LogP contribution in [0.25, 0.3) is 0 Å². The summed E-state index contributed by atoms with van der Waals surface area (Å²) in [5.74, 6) is -0.844. The van der Waals surface area contributed by atoms with Crippen LogP contribution in [0.2, 0.25) is 10.0 Å². The van der Waals surface area contributed by atoms with Crippen molar-refractivity contribution in [3.8, 4) is 5.75 Å². The van der Waals surface area contributed by atoms with Crippen LogP contribution in [0.5, 0.6) is 5.75 Å². The fourth-order valence-corrected chi connectivity index (χ4v) is 7.99. The zero-order valence-electron chi connectivity index (χ0n) is 23.3. The van der Waals surface area contributed by atoms with Gasteiger partial charge in [-0.15, -0.1) is 0 Å². The van der Waals surface area contributed by atoms with Crippen molar-refractivity contribution >= 4 is 44.9 Å². The number of Topliss-reactive ketones (excluding diaryl/α,β-unsaturated/α-hetero) is 2. The van der Waals surface area contributed by atoms with Gasteiger partial charge in [0.2, 0.25) is 0 Å². The maximum atomic E-state index is 13.8. The molecule has 2 aromatic rings. The number of rotatable bonds is 5. The van der Waals surface area contributed by atoms with Gasteiger partial charge in [0.05, 0.1) is 10.0 Å². The molecule has 9 heteroatoms. The second kappa shape index (κ2) is 10.0. The van der Waals surface area contributed by atoms with Gasteiger partial charge in [0, 0.05) is 47.8 Å². The van der Waals surface area contributed by atoms with Gasteiger partial charge in [-0.05, 0) is 60.4 Å².